The molecule has 32 heavy (non-hydrogen) atoms. The van der Waals surface area contributed by atoms with E-state index < -0.39 is 8.80 Å². The van der Waals surface area contributed by atoms with E-state index in [0.29, 0.717) is 19.8 Å². The van der Waals surface area contributed by atoms with Gasteiger partial charge in [-0.05, 0) is 27.2 Å². The molecule has 0 heterocycles. The molecule has 0 aliphatic rings. The van der Waals surface area contributed by atoms with Crippen LogP contribution in [0.2, 0.25) is 6.04 Å². The maximum absolute atomic E-state index is 5.86. The van der Waals surface area contributed by atoms with Gasteiger partial charge in [0, 0.05) is 25.9 Å². The molecule has 0 saturated heterocycles. The van der Waals surface area contributed by atoms with E-state index in [1.807, 2.05) is 20.8 Å². The smallest absolute Gasteiger partial charge is 0.374 e. The third kappa shape index (κ3) is 24.7. The summed E-state index contributed by atoms with van der Waals surface area (Å²) in [5.41, 5.74) is 0. The highest BCUT2D eigenvalue weighted by Gasteiger charge is 2.39. The molecule has 196 valence electrons. The van der Waals surface area contributed by atoms with Crippen molar-refractivity contribution in [2.45, 2.75) is 163 Å². The van der Waals surface area contributed by atoms with Crippen molar-refractivity contribution in [1.29, 1.82) is 0 Å². The molecule has 0 amide bonds. The zero-order valence-electron chi connectivity index (χ0n) is 23.3. The van der Waals surface area contributed by atoms with Crippen molar-refractivity contribution in [3.8, 4) is 0 Å². The number of unbranched alkanes of at least 4 members (excludes halogenated alkanes) is 16. The molecule has 0 atom stereocenters. The third-order valence-electron chi connectivity index (χ3n) is 5.89. The monoisotopic (exact) mass is 474 g/mol. The largest absolute Gasteiger partial charge is 0.500 e. The molecule has 0 aromatic heterocycles. The second kappa shape index (κ2) is 29.1. The molecule has 0 radical (unpaired) electrons. The Balaban J connectivity index is 0. The van der Waals surface area contributed by atoms with E-state index in [0.717, 1.165) is 6.04 Å². The predicted molar refractivity (Wildman–Crippen MR) is 146 cm³/mol. The second-order valence-electron chi connectivity index (χ2n) is 9.04. The maximum Gasteiger partial charge on any atom is 0.500 e. The quantitative estimate of drug-likeness (QED) is 0.103. The summed E-state index contributed by atoms with van der Waals surface area (Å²) >= 11 is 0. The van der Waals surface area contributed by atoms with Gasteiger partial charge in [0.25, 0.3) is 0 Å². The van der Waals surface area contributed by atoms with Gasteiger partial charge in [0.2, 0.25) is 0 Å². The van der Waals surface area contributed by atoms with E-state index in [2.05, 4.69) is 20.8 Å². The van der Waals surface area contributed by atoms with Crippen molar-refractivity contribution in [3.05, 3.63) is 0 Å². The fourth-order valence-corrected chi connectivity index (χ4v) is 6.72. The topological polar surface area (TPSA) is 27.7 Å². The van der Waals surface area contributed by atoms with Gasteiger partial charge in [-0.25, -0.2) is 0 Å². The highest BCUT2D eigenvalue weighted by Crippen LogP contribution is 2.20. The minimum atomic E-state index is -2.38. The summed E-state index contributed by atoms with van der Waals surface area (Å²) in [5.74, 6) is 0. The summed E-state index contributed by atoms with van der Waals surface area (Å²) in [6, 6.07) is 0.970. The van der Waals surface area contributed by atoms with Crippen LogP contribution in [0.3, 0.4) is 0 Å². The average Bonchev–Trinajstić information content (AvgIpc) is 2.78. The lowest BCUT2D eigenvalue weighted by atomic mass is 10.1. The van der Waals surface area contributed by atoms with E-state index in [-0.39, 0.29) is 0 Å². The standard InChI is InChI=1S/C16H36O3Si.C12H26/c1-5-9-10-11-12-13-14-15-16-20(17-6-2,18-7-3)19-8-4;1-3-5-7-9-11-12-10-8-6-4-2/h5-16H2,1-4H3;3-12H2,1-2H3. The molecule has 0 aliphatic heterocycles. The number of hydrogen-bond acceptors (Lipinski definition) is 3. The lowest BCUT2D eigenvalue weighted by Crippen LogP contribution is -2.45. The minimum Gasteiger partial charge on any atom is -0.374 e. The van der Waals surface area contributed by atoms with Crippen molar-refractivity contribution in [3.63, 3.8) is 0 Å². The summed E-state index contributed by atoms with van der Waals surface area (Å²) in [6.07, 6.45) is 25.1. The second-order valence-corrected chi connectivity index (χ2v) is 11.8. The highest BCUT2D eigenvalue weighted by molar-refractivity contribution is 6.60. The van der Waals surface area contributed by atoms with E-state index in [1.165, 1.54) is 116 Å². The summed E-state index contributed by atoms with van der Waals surface area (Å²) in [6.45, 7) is 14.9. The van der Waals surface area contributed by atoms with Gasteiger partial charge in [-0.1, -0.05) is 130 Å². The van der Waals surface area contributed by atoms with Gasteiger partial charge in [0.15, 0.2) is 0 Å². The van der Waals surface area contributed by atoms with Crippen LogP contribution in [0.15, 0.2) is 0 Å². The first kappa shape index (κ1) is 34.3. The number of rotatable bonds is 24. The summed E-state index contributed by atoms with van der Waals surface area (Å²) in [5, 5.41) is 0. The molecule has 0 aromatic carbocycles. The Kier molecular flexibility index (Phi) is 31.2. The van der Waals surface area contributed by atoms with Crippen LogP contribution in [0.5, 0.6) is 0 Å². The predicted octanol–water partition coefficient (Wildman–Crippen LogP) is 10.1. The molecule has 0 rings (SSSR count). The van der Waals surface area contributed by atoms with E-state index in [1.54, 1.807) is 0 Å². The Hall–Kier alpha value is 0.0969. The van der Waals surface area contributed by atoms with Gasteiger partial charge >= 0.3 is 8.80 Å². The lowest BCUT2D eigenvalue weighted by molar-refractivity contribution is 0.0706. The Bertz CT molecular complexity index is 299. The van der Waals surface area contributed by atoms with Crippen LogP contribution in [0, 0.1) is 0 Å². The van der Waals surface area contributed by atoms with Crippen LogP contribution in [0.1, 0.15) is 157 Å². The zero-order chi connectivity index (χ0) is 24.2. The molecular weight excluding hydrogens is 412 g/mol. The van der Waals surface area contributed by atoms with Crippen molar-refractivity contribution in [1.82, 2.24) is 0 Å². The molecule has 0 N–H and O–H groups in total. The third-order valence-corrected chi connectivity index (χ3v) is 9.04. The molecule has 0 unspecified atom stereocenters. The lowest BCUT2D eigenvalue weighted by Gasteiger charge is -2.28. The molecule has 3 nitrogen and oxygen atoms in total. The molecule has 0 bridgehead atoms. The first-order chi connectivity index (χ1) is 15.7. The minimum absolute atomic E-state index is 0.684. The van der Waals surface area contributed by atoms with Crippen molar-refractivity contribution in [2.75, 3.05) is 19.8 Å². The first-order valence-corrected chi connectivity index (χ1v) is 16.5. The summed E-state index contributed by atoms with van der Waals surface area (Å²) < 4.78 is 17.6. The fraction of sp³-hybridized carbons (Fsp3) is 1.00. The maximum atomic E-state index is 5.86. The van der Waals surface area contributed by atoms with Crippen LogP contribution < -0.4 is 0 Å². The Morgan fingerprint density at radius 1 is 0.344 bits per heavy atom. The van der Waals surface area contributed by atoms with Gasteiger partial charge < -0.3 is 13.3 Å². The fourth-order valence-electron chi connectivity index (χ4n) is 4.04. The van der Waals surface area contributed by atoms with Crippen LogP contribution in [0.25, 0.3) is 0 Å². The van der Waals surface area contributed by atoms with Gasteiger partial charge in [-0.15, -0.1) is 0 Å². The summed E-state index contributed by atoms with van der Waals surface area (Å²) in [4.78, 5) is 0. The Labute approximate surface area is 205 Å². The van der Waals surface area contributed by atoms with Gasteiger partial charge in [0.1, 0.15) is 0 Å². The summed E-state index contributed by atoms with van der Waals surface area (Å²) in [7, 11) is -2.38. The Morgan fingerprint density at radius 2 is 0.594 bits per heavy atom. The van der Waals surface area contributed by atoms with Gasteiger partial charge in [-0.2, -0.15) is 0 Å². The molecule has 0 saturated carbocycles. The van der Waals surface area contributed by atoms with Crippen LogP contribution in [-0.4, -0.2) is 28.6 Å². The van der Waals surface area contributed by atoms with E-state index in [9.17, 15) is 0 Å². The van der Waals surface area contributed by atoms with Crippen LogP contribution in [0.4, 0.5) is 0 Å². The highest BCUT2D eigenvalue weighted by atomic mass is 28.4. The SMILES string of the molecule is CCCCCCCCCCCC.CCCCCCCCCC[Si](OCC)(OCC)OCC. The van der Waals surface area contributed by atoms with Crippen molar-refractivity contribution in [2.24, 2.45) is 0 Å². The van der Waals surface area contributed by atoms with Crippen molar-refractivity contribution < 1.29 is 13.3 Å². The number of hydrogen-bond donors (Lipinski definition) is 0. The normalized spacial score (nSPS) is 11.4. The van der Waals surface area contributed by atoms with Crippen LogP contribution in [-0.2, 0) is 13.3 Å². The van der Waals surface area contributed by atoms with E-state index >= 15 is 0 Å². The van der Waals surface area contributed by atoms with E-state index in [4.69, 9.17) is 13.3 Å². The zero-order valence-corrected chi connectivity index (χ0v) is 24.3. The average molecular weight is 475 g/mol. The molecular formula is C28H62O3Si. The first-order valence-electron chi connectivity index (χ1n) is 14.6. The van der Waals surface area contributed by atoms with Crippen molar-refractivity contribution >= 4 is 8.80 Å². The molecule has 0 aliphatic carbocycles. The molecule has 0 spiro atoms. The van der Waals surface area contributed by atoms with Gasteiger partial charge in [0.05, 0.1) is 0 Å². The molecule has 4 heteroatoms. The van der Waals surface area contributed by atoms with Gasteiger partial charge in [-0.3, -0.25) is 0 Å². The molecule has 0 fully saturated rings. The van der Waals surface area contributed by atoms with Crippen LogP contribution >= 0.6 is 0 Å². The Morgan fingerprint density at radius 3 is 0.844 bits per heavy atom. The molecule has 0 aromatic rings.